The molecule has 0 saturated heterocycles. The molecule has 1 atom stereocenters. The molecule has 0 bridgehead atoms. The first kappa shape index (κ1) is 15.9. The Balaban J connectivity index is 2.23. The van der Waals surface area contributed by atoms with Crippen LogP contribution in [-0.2, 0) is 0 Å². The molecule has 5 heteroatoms. The fourth-order valence-electron chi connectivity index (χ4n) is 2.11. The smallest absolute Gasteiger partial charge is 0.194 e. The summed E-state index contributed by atoms with van der Waals surface area (Å²) >= 11 is 1.53. The quantitative estimate of drug-likeness (QED) is 0.825. The molecule has 0 aliphatic rings. The highest BCUT2D eigenvalue weighted by atomic mass is 32.2. The number of nitrogens with zero attached hydrogens (tertiary/aromatic N) is 3. The van der Waals surface area contributed by atoms with E-state index in [4.69, 9.17) is 0 Å². The summed E-state index contributed by atoms with van der Waals surface area (Å²) in [6.45, 7) is 9.31. The van der Waals surface area contributed by atoms with Crippen LogP contribution >= 0.6 is 11.8 Å². The molecule has 21 heavy (non-hydrogen) atoms. The maximum Gasteiger partial charge on any atom is 0.194 e. The summed E-state index contributed by atoms with van der Waals surface area (Å²) in [5.41, 5.74) is 3.16. The average molecular weight is 302 g/mol. The van der Waals surface area contributed by atoms with Crippen molar-refractivity contribution in [1.82, 2.24) is 20.3 Å². The molecule has 4 nitrogen and oxygen atoms in total. The van der Waals surface area contributed by atoms with E-state index >= 15 is 0 Å². The highest BCUT2D eigenvalue weighted by molar-refractivity contribution is 7.99. The Hall–Kier alpha value is -1.46. The lowest BCUT2D eigenvalue weighted by Gasteiger charge is -2.16. The van der Waals surface area contributed by atoms with Crippen molar-refractivity contribution in [2.24, 2.45) is 0 Å². The van der Waals surface area contributed by atoms with E-state index in [1.807, 2.05) is 32.2 Å². The first-order valence-electron chi connectivity index (χ1n) is 7.28. The van der Waals surface area contributed by atoms with Crippen molar-refractivity contribution < 1.29 is 0 Å². The fraction of sp³-hybridized carbons (Fsp3) is 0.438. The minimum Gasteiger partial charge on any atom is -0.310 e. The lowest BCUT2D eigenvalue weighted by Crippen LogP contribution is -2.20. The van der Waals surface area contributed by atoms with Gasteiger partial charge in [0.2, 0.25) is 0 Å². The van der Waals surface area contributed by atoms with Gasteiger partial charge in [0.25, 0.3) is 0 Å². The largest absolute Gasteiger partial charge is 0.310 e. The topological polar surface area (TPSA) is 50.7 Å². The van der Waals surface area contributed by atoms with Gasteiger partial charge in [-0.1, -0.05) is 13.0 Å². The van der Waals surface area contributed by atoms with Crippen LogP contribution < -0.4 is 5.32 Å². The van der Waals surface area contributed by atoms with E-state index < -0.39 is 0 Å². The van der Waals surface area contributed by atoms with E-state index in [2.05, 4.69) is 40.2 Å². The molecule has 0 saturated carbocycles. The lowest BCUT2D eigenvalue weighted by atomic mass is 10.1. The summed E-state index contributed by atoms with van der Waals surface area (Å²) in [5.74, 6) is 0. The van der Waals surface area contributed by atoms with Crippen LogP contribution in [-0.4, -0.2) is 21.5 Å². The van der Waals surface area contributed by atoms with E-state index in [-0.39, 0.29) is 6.04 Å². The van der Waals surface area contributed by atoms with Gasteiger partial charge in [-0.2, -0.15) is 0 Å². The molecule has 0 radical (unpaired) electrons. The van der Waals surface area contributed by atoms with Gasteiger partial charge in [-0.3, -0.25) is 0 Å². The van der Waals surface area contributed by atoms with E-state index in [1.54, 1.807) is 0 Å². The molecule has 0 fully saturated rings. The van der Waals surface area contributed by atoms with Crippen molar-refractivity contribution in [2.45, 2.75) is 50.3 Å². The molecular weight excluding hydrogens is 280 g/mol. The van der Waals surface area contributed by atoms with E-state index in [0.29, 0.717) is 0 Å². The number of hydrogen-bond donors (Lipinski definition) is 1. The highest BCUT2D eigenvalue weighted by Crippen LogP contribution is 2.29. The van der Waals surface area contributed by atoms with Crippen molar-refractivity contribution in [3.05, 3.63) is 41.3 Å². The average Bonchev–Trinajstić information content (AvgIpc) is 2.44. The minimum atomic E-state index is 0.270. The lowest BCUT2D eigenvalue weighted by molar-refractivity contribution is 0.560. The van der Waals surface area contributed by atoms with Gasteiger partial charge in [0.1, 0.15) is 5.03 Å². The number of aryl methyl sites for hydroxylation is 2. The van der Waals surface area contributed by atoms with Gasteiger partial charge in [0, 0.05) is 29.2 Å². The van der Waals surface area contributed by atoms with Gasteiger partial charge >= 0.3 is 0 Å². The number of pyridine rings is 1. The Morgan fingerprint density at radius 3 is 2.62 bits per heavy atom. The Kier molecular flexibility index (Phi) is 5.70. The van der Waals surface area contributed by atoms with Crippen LogP contribution in [0.5, 0.6) is 0 Å². The maximum absolute atomic E-state index is 4.51. The van der Waals surface area contributed by atoms with Crippen LogP contribution in [0.4, 0.5) is 0 Å². The second-order valence-corrected chi connectivity index (χ2v) is 6.06. The van der Waals surface area contributed by atoms with Crippen LogP contribution in [0.25, 0.3) is 0 Å². The predicted molar refractivity (Wildman–Crippen MR) is 86.6 cm³/mol. The molecule has 0 spiro atoms. The first-order valence-corrected chi connectivity index (χ1v) is 8.10. The second kappa shape index (κ2) is 7.52. The Morgan fingerprint density at radius 2 is 1.95 bits per heavy atom. The Morgan fingerprint density at radius 1 is 1.24 bits per heavy atom. The maximum atomic E-state index is 4.51. The summed E-state index contributed by atoms with van der Waals surface area (Å²) in [7, 11) is 0. The molecule has 1 unspecified atom stereocenters. The van der Waals surface area contributed by atoms with Gasteiger partial charge in [-0.25, -0.2) is 15.0 Å². The van der Waals surface area contributed by atoms with Crippen LogP contribution in [0.2, 0.25) is 0 Å². The third-order valence-corrected chi connectivity index (χ3v) is 4.02. The summed E-state index contributed by atoms with van der Waals surface area (Å²) in [5, 5.41) is 5.23. The van der Waals surface area contributed by atoms with Gasteiger partial charge in [-0.15, -0.1) is 0 Å². The molecule has 0 aliphatic carbocycles. The third-order valence-electron chi connectivity index (χ3n) is 3.12. The monoisotopic (exact) mass is 302 g/mol. The molecule has 2 aromatic rings. The van der Waals surface area contributed by atoms with Crippen molar-refractivity contribution in [2.75, 3.05) is 6.54 Å². The number of aromatic nitrogens is 3. The molecule has 0 aliphatic heterocycles. The van der Waals surface area contributed by atoms with Crippen LogP contribution in [0.3, 0.4) is 0 Å². The molecule has 0 aromatic carbocycles. The zero-order valence-corrected chi connectivity index (χ0v) is 13.9. The Labute approximate surface area is 130 Å². The van der Waals surface area contributed by atoms with E-state index in [0.717, 1.165) is 34.5 Å². The van der Waals surface area contributed by atoms with Crippen LogP contribution in [0.15, 0.2) is 34.6 Å². The molecule has 2 heterocycles. The van der Waals surface area contributed by atoms with E-state index in [1.165, 1.54) is 17.3 Å². The molecular formula is C16H22N4S. The predicted octanol–water partition coefficient (Wildman–Crippen LogP) is 3.70. The second-order valence-electron chi connectivity index (χ2n) is 5.11. The van der Waals surface area contributed by atoms with E-state index in [9.17, 15) is 0 Å². The van der Waals surface area contributed by atoms with Crippen LogP contribution in [0.1, 0.15) is 43.3 Å². The Bertz CT molecular complexity index is 580. The molecule has 2 aromatic heterocycles. The van der Waals surface area contributed by atoms with Crippen molar-refractivity contribution in [3.8, 4) is 0 Å². The molecule has 0 amide bonds. The SMILES string of the molecule is CCCNC(C)c1cccnc1Sc1nc(C)cc(C)n1. The summed E-state index contributed by atoms with van der Waals surface area (Å²) in [4.78, 5) is 13.5. The summed E-state index contributed by atoms with van der Waals surface area (Å²) < 4.78 is 0. The zero-order valence-electron chi connectivity index (χ0n) is 13.1. The van der Waals surface area contributed by atoms with Crippen molar-refractivity contribution in [1.29, 1.82) is 0 Å². The van der Waals surface area contributed by atoms with Crippen LogP contribution in [0, 0.1) is 13.8 Å². The summed E-state index contributed by atoms with van der Waals surface area (Å²) in [6, 6.07) is 6.35. The van der Waals surface area contributed by atoms with Gasteiger partial charge in [-0.05, 0) is 57.6 Å². The normalized spacial score (nSPS) is 12.4. The van der Waals surface area contributed by atoms with Crippen molar-refractivity contribution in [3.63, 3.8) is 0 Å². The highest BCUT2D eigenvalue weighted by Gasteiger charge is 2.13. The number of rotatable bonds is 6. The van der Waals surface area contributed by atoms with Crippen molar-refractivity contribution >= 4 is 11.8 Å². The number of nitrogens with one attached hydrogen (secondary N) is 1. The third kappa shape index (κ3) is 4.51. The first-order chi connectivity index (χ1) is 10.1. The zero-order chi connectivity index (χ0) is 15.2. The van der Waals surface area contributed by atoms with Gasteiger partial charge in [0.15, 0.2) is 5.16 Å². The molecule has 2 rings (SSSR count). The number of hydrogen-bond acceptors (Lipinski definition) is 5. The molecule has 112 valence electrons. The fourth-order valence-corrected chi connectivity index (χ4v) is 3.14. The summed E-state index contributed by atoms with van der Waals surface area (Å²) in [6.07, 6.45) is 2.94. The van der Waals surface area contributed by atoms with Gasteiger partial charge < -0.3 is 5.32 Å². The minimum absolute atomic E-state index is 0.270. The standard InChI is InChI=1S/C16H22N4S/c1-5-8-17-13(4)14-7-6-9-18-15(14)21-16-19-11(2)10-12(3)20-16/h6-7,9-10,13,17H,5,8H2,1-4H3. The van der Waals surface area contributed by atoms with Gasteiger partial charge in [0.05, 0.1) is 0 Å². The molecule has 1 N–H and O–H groups in total.